The number of hydrogen-bond acceptors (Lipinski definition) is 0. The van der Waals surface area contributed by atoms with Gasteiger partial charge in [-0.15, -0.1) is 0 Å². The van der Waals surface area contributed by atoms with Crippen LogP contribution in [0.25, 0.3) is 0 Å². The average molecular weight is 535 g/mol. The maximum Gasteiger partial charge on any atom is -0.0443 e. The van der Waals surface area contributed by atoms with Gasteiger partial charge in [0.15, 0.2) is 0 Å². The van der Waals surface area contributed by atoms with Crippen molar-refractivity contribution in [2.75, 3.05) is 0 Å². The molecule has 3 unspecified atom stereocenters. The van der Waals surface area contributed by atoms with Gasteiger partial charge in [0.25, 0.3) is 0 Å². The minimum absolute atomic E-state index is 0.933. The van der Waals surface area contributed by atoms with E-state index in [-0.39, 0.29) is 0 Å². The highest BCUT2D eigenvalue weighted by Gasteiger charge is 2.06. The van der Waals surface area contributed by atoms with Crippen molar-refractivity contribution < 1.29 is 0 Å². The predicted molar refractivity (Wildman–Crippen MR) is 177 cm³/mol. The molecule has 0 fully saturated rings. The Morgan fingerprint density at radius 3 is 0.816 bits per heavy atom. The molecule has 0 aliphatic heterocycles. The van der Waals surface area contributed by atoms with Gasteiger partial charge in [-0.2, -0.15) is 0 Å². The van der Waals surface area contributed by atoms with Gasteiger partial charge < -0.3 is 0 Å². The Morgan fingerprint density at radius 2 is 0.500 bits per heavy atom. The van der Waals surface area contributed by atoms with Crippen LogP contribution in [-0.4, -0.2) is 0 Å². The molecule has 0 aromatic carbocycles. The zero-order chi connectivity index (χ0) is 27.9. The quantitative estimate of drug-likeness (QED) is 0.0752. The molecular formula is C38H78. The van der Waals surface area contributed by atoms with Gasteiger partial charge in [-0.1, -0.05) is 227 Å². The summed E-state index contributed by atoms with van der Waals surface area (Å²) in [5.41, 5.74) is 0. The topological polar surface area (TPSA) is 0 Å². The van der Waals surface area contributed by atoms with E-state index < -0.39 is 0 Å². The molecule has 0 radical (unpaired) electrons. The lowest BCUT2D eigenvalue weighted by molar-refractivity contribution is 0.394. The fraction of sp³-hybridized carbons (Fsp3) is 1.00. The van der Waals surface area contributed by atoms with Crippen molar-refractivity contribution in [1.82, 2.24) is 0 Å². The molecule has 3 atom stereocenters. The first kappa shape index (κ1) is 38.0. The summed E-state index contributed by atoms with van der Waals surface area (Å²) in [5.74, 6) is 2.84. The van der Waals surface area contributed by atoms with Crippen LogP contribution in [0, 0.1) is 17.8 Å². The molecule has 0 aromatic heterocycles. The van der Waals surface area contributed by atoms with Crippen molar-refractivity contribution in [3.63, 3.8) is 0 Å². The van der Waals surface area contributed by atoms with Gasteiger partial charge >= 0.3 is 0 Å². The maximum absolute atomic E-state index is 2.51. The molecule has 38 heavy (non-hydrogen) atoms. The Kier molecular flexibility index (Phi) is 31.5. The van der Waals surface area contributed by atoms with E-state index in [9.17, 15) is 0 Å². The van der Waals surface area contributed by atoms with Crippen molar-refractivity contribution in [1.29, 1.82) is 0 Å². The van der Waals surface area contributed by atoms with Crippen LogP contribution in [-0.2, 0) is 0 Å². The van der Waals surface area contributed by atoms with Crippen molar-refractivity contribution in [3.8, 4) is 0 Å². The summed E-state index contributed by atoms with van der Waals surface area (Å²) in [7, 11) is 0. The fourth-order valence-electron chi connectivity index (χ4n) is 6.22. The van der Waals surface area contributed by atoms with E-state index in [1.165, 1.54) is 193 Å². The zero-order valence-corrected chi connectivity index (χ0v) is 27.9. The van der Waals surface area contributed by atoms with E-state index in [4.69, 9.17) is 0 Å². The molecule has 0 spiro atoms. The summed E-state index contributed by atoms with van der Waals surface area (Å²) in [6, 6.07) is 0. The van der Waals surface area contributed by atoms with E-state index >= 15 is 0 Å². The highest BCUT2D eigenvalue weighted by atomic mass is 14.1. The first-order valence-corrected chi connectivity index (χ1v) is 18.6. The Balaban J connectivity index is 3.22. The standard InChI is InChI=1S/C38H78/c1-6-8-9-10-11-12-13-14-15-16-17-18-19-20-21-22-23-24-25-27-31-37(4)32-28-26-29-33-38(5)35-30-34-36(3)7-2/h36-38H,6-35H2,1-5H3. The SMILES string of the molecule is CCCCCCCCCCCCCCCCCCCCCCC(C)CCCCCC(C)CCCC(C)CC. The van der Waals surface area contributed by atoms with Crippen LogP contribution >= 0.6 is 0 Å². The van der Waals surface area contributed by atoms with Crippen molar-refractivity contribution in [2.45, 2.75) is 227 Å². The molecule has 0 bridgehead atoms. The van der Waals surface area contributed by atoms with Gasteiger partial charge in [0.1, 0.15) is 0 Å². The fourth-order valence-corrected chi connectivity index (χ4v) is 6.22. The van der Waals surface area contributed by atoms with E-state index in [1.54, 1.807) is 0 Å². The molecule has 0 nitrogen and oxygen atoms in total. The summed E-state index contributed by atoms with van der Waals surface area (Å²) >= 11 is 0. The van der Waals surface area contributed by atoms with Gasteiger partial charge in [0, 0.05) is 0 Å². The van der Waals surface area contributed by atoms with Crippen LogP contribution in [0.3, 0.4) is 0 Å². The number of hydrogen-bond donors (Lipinski definition) is 0. The highest BCUT2D eigenvalue weighted by Crippen LogP contribution is 2.22. The van der Waals surface area contributed by atoms with Crippen LogP contribution in [0.5, 0.6) is 0 Å². The normalized spacial score (nSPS) is 14.1. The van der Waals surface area contributed by atoms with Crippen LogP contribution in [0.1, 0.15) is 227 Å². The molecule has 0 aliphatic rings. The molecule has 0 aliphatic carbocycles. The first-order chi connectivity index (χ1) is 18.6. The molecule has 0 heteroatoms. The largest absolute Gasteiger partial charge is 0.0654 e. The lowest BCUT2D eigenvalue weighted by Crippen LogP contribution is -1.99. The zero-order valence-electron chi connectivity index (χ0n) is 27.9. The first-order valence-electron chi connectivity index (χ1n) is 18.6. The molecule has 0 aromatic rings. The van der Waals surface area contributed by atoms with E-state index in [0.717, 1.165) is 17.8 Å². The van der Waals surface area contributed by atoms with Gasteiger partial charge in [-0.05, 0) is 17.8 Å². The second kappa shape index (κ2) is 31.5. The van der Waals surface area contributed by atoms with E-state index in [2.05, 4.69) is 34.6 Å². The van der Waals surface area contributed by atoms with Gasteiger partial charge in [-0.25, -0.2) is 0 Å². The van der Waals surface area contributed by atoms with Crippen molar-refractivity contribution >= 4 is 0 Å². The molecular weight excluding hydrogens is 456 g/mol. The Morgan fingerprint density at radius 1 is 0.263 bits per heavy atom. The highest BCUT2D eigenvalue weighted by molar-refractivity contribution is 4.59. The Hall–Kier alpha value is 0. The second-order valence-corrected chi connectivity index (χ2v) is 13.8. The summed E-state index contributed by atoms with van der Waals surface area (Å²) < 4.78 is 0. The van der Waals surface area contributed by atoms with Crippen LogP contribution < -0.4 is 0 Å². The third-order valence-corrected chi connectivity index (χ3v) is 9.54. The average Bonchev–Trinajstić information content (AvgIpc) is 2.91. The third kappa shape index (κ3) is 30.5. The molecule has 0 saturated heterocycles. The number of unbranched alkanes of at least 4 members (excludes halogenated alkanes) is 21. The molecule has 0 heterocycles. The predicted octanol–water partition coefficient (Wildman–Crippen LogP) is 14.6. The summed E-state index contributed by atoms with van der Waals surface area (Å²) in [5, 5.41) is 0. The monoisotopic (exact) mass is 535 g/mol. The second-order valence-electron chi connectivity index (χ2n) is 13.8. The molecule has 0 amide bonds. The summed E-state index contributed by atoms with van der Waals surface area (Å²) in [6.45, 7) is 12.0. The molecule has 0 N–H and O–H groups in total. The van der Waals surface area contributed by atoms with Crippen molar-refractivity contribution in [3.05, 3.63) is 0 Å². The molecule has 230 valence electrons. The minimum atomic E-state index is 0.933. The molecule has 0 rings (SSSR count). The Labute approximate surface area is 244 Å². The van der Waals surface area contributed by atoms with Crippen LogP contribution in [0.2, 0.25) is 0 Å². The van der Waals surface area contributed by atoms with Gasteiger partial charge in [0.2, 0.25) is 0 Å². The van der Waals surface area contributed by atoms with Crippen LogP contribution in [0.15, 0.2) is 0 Å². The lowest BCUT2D eigenvalue weighted by atomic mass is 9.92. The summed E-state index contributed by atoms with van der Waals surface area (Å²) in [6.07, 6.45) is 44.1. The third-order valence-electron chi connectivity index (χ3n) is 9.54. The van der Waals surface area contributed by atoms with E-state index in [0.29, 0.717) is 0 Å². The Bertz CT molecular complexity index is 412. The molecule has 0 saturated carbocycles. The van der Waals surface area contributed by atoms with Gasteiger partial charge in [0.05, 0.1) is 0 Å². The lowest BCUT2D eigenvalue weighted by Gasteiger charge is -2.14. The van der Waals surface area contributed by atoms with E-state index in [1.807, 2.05) is 0 Å². The number of rotatable bonds is 32. The summed E-state index contributed by atoms with van der Waals surface area (Å²) in [4.78, 5) is 0. The van der Waals surface area contributed by atoms with Gasteiger partial charge in [-0.3, -0.25) is 0 Å². The van der Waals surface area contributed by atoms with Crippen molar-refractivity contribution in [2.24, 2.45) is 17.8 Å². The van der Waals surface area contributed by atoms with Crippen LogP contribution in [0.4, 0.5) is 0 Å². The minimum Gasteiger partial charge on any atom is -0.0654 e. The maximum atomic E-state index is 2.51. The smallest absolute Gasteiger partial charge is 0.0443 e.